The molecule has 0 saturated carbocycles. The molecule has 4 heteroatoms. The van der Waals surface area contributed by atoms with E-state index in [9.17, 15) is 4.39 Å². The third kappa shape index (κ3) is 4.67. The summed E-state index contributed by atoms with van der Waals surface area (Å²) in [4.78, 5) is 6.16. The second-order valence-corrected chi connectivity index (χ2v) is 4.85. The SMILES string of the molecule is CN(Cc1ccncc1)Cc1ccc(F)c(C#CCN)c1. The number of hydrogen-bond donors (Lipinski definition) is 1. The van der Waals surface area contributed by atoms with Crippen molar-refractivity contribution in [1.29, 1.82) is 0 Å². The van der Waals surface area contributed by atoms with E-state index in [1.54, 1.807) is 24.5 Å². The lowest BCUT2D eigenvalue weighted by Gasteiger charge is -2.17. The van der Waals surface area contributed by atoms with Gasteiger partial charge in [0.25, 0.3) is 0 Å². The Hall–Kier alpha value is -2.22. The molecule has 0 spiro atoms. The molecule has 3 nitrogen and oxygen atoms in total. The maximum atomic E-state index is 13.6. The zero-order valence-corrected chi connectivity index (χ0v) is 12.0. The number of nitrogens with two attached hydrogens (primary N) is 1. The summed E-state index contributed by atoms with van der Waals surface area (Å²) in [7, 11) is 2.02. The van der Waals surface area contributed by atoms with Crippen LogP contribution in [-0.4, -0.2) is 23.5 Å². The molecule has 0 aliphatic carbocycles. The highest BCUT2D eigenvalue weighted by Gasteiger charge is 2.05. The van der Waals surface area contributed by atoms with Crippen molar-refractivity contribution in [1.82, 2.24) is 9.88 Å². The standard InChI is InChI=1S/C17H18FN3/c1-21(12-14-6-9-20-10-7-14)13-15-4-5-17(18)16(11-15)3-2-8-19/h4-7,9-11H,8,12-13,19H2,1H3. The lowest BCUT2D eigenvalue weighted by molar-refractivity contribution is 0.319. The summed E-state index contributed by atoms with van der Waals surface area (Å²) in [6.45, 7) is 1.76. The van der Waals surface area contributed by atoms with Gasteiger partial charge in [-0.1, -0.05) is 17.9 Å². The van der Waals surface area contributed by atoms with Gasteiger partial charge < -0.3 is 5.73 Å². The van der Waals surface area contributed by atoms with E-state index in [1.165, 1.54) is 11.6 Å². The molecule has 0 bridgehead atoms. The van der Waals surface area contributed by atoms with E-state index in [2.05, 4.69) is 21.7 Å². The Bertz CT molecular complexity index is 644. The summed E-state index contributed by atoms with van der Waals surface area (Å²) < 4.78 is 13.6. The van der Waals surface area contributed by atoms with E-state index in [1.807, 2.05) is 19.2 Å². The van der Waals surface area contributed by atoms with Gasteiger partial charge in [-0.15, -0.1) is 0 Å². The van der Waals surface area contributed by atoms with Crippen molar-refractivity contribution in [3.8, 4) is 11.8 Å². The Morgan fingerprint density at radius 3 is 2.57 bits per heavy atom. The first-order valence-corrected chi connectivity index (χ1v) is 6.74. The summed E-state index contributed by atoms with van der Waals surface area (Å²) in [5.41, 5.74) is 7.93. The van der Waals surface area contributed by atoms with Gasteiger partial charge >= 0.3 is 0 Å². The molecule has 0 amide bonds. The second-order valence-electron chi connectivity index (χ2n) is 4.85. The maximum absolute atomic E-state index is 13.6. The van der Waals surface area contributed by atoms with Crippen LogP contribution in [0.3, 0.4) is 0 Å². The first kappa shape index (κ1) is 15.2. The first-order chi connectivity index (χ1) is 10.2. The number of nitrogens with zero attached hydrogens (tertiary/aromatic N) is 2. The van der Waals surface area contributed by atoms with Crippen molar-refractivity contribution in [3.63, 3.8) is 0 Å². The van der Waals surface area contributed by atoms with Gasteiger partial charge in [-0.25, -0.2) is 4.39 Å². The van der Waals surface area contributed by atoms with E-state index in [4.69, 9.17) is 5.73 Å². The fraction of sp³-hybridized carbons (Fsp3) is 0.235. The Balaban J connectivity index is 2.05. The normalized spacial score (nSPS) is 10.3. The summed E-state index contributed by atoms with van der Waals surface area (Å²) in [5.74, 6) is 5.13. The lowest BCUT2D eigenvalue weighted by Crippen LogP contribution is -2.17. The van der Waals surface area contributed by atoms with Gasteiger partial charge in [-0.3, -0.25) is 9.88 Å². The molecule has 1 aromatic carbocycles. The number of hydrogen-bond acceptors (Lipinski definition) is 3. The average Bonchev–Trinajstić information content (AvgIpc) is 2.48. The second kappa shape index (κ2) is 7.53. The van der Waals surface area contributed by atoms with E-state index in [-0.39, 0.29) is 12.4 Å². The number of aromatic nitrogens is 1. The molecule has 0 aliphatic rings. The maximum Gasteiger partial charge on any atom is 0.138 e. The minimum atomic E-state index is -0.309. The monoisotopic (exact) mass is 283 g/mol. The molecule has 0 aliphatic heterocycles. The van der Waals surface area contributed by atoms with Gasteiger partial charge in [0, 0.05) is 25.5 Å². The summed E-state index contributed by atoms with van der Waals surface area (Å²) in [6.07, 6.45) is 3.56. The van der Waals surface area contributed by atoms with Crippen LogP contribution in [0, 0.1) is 17.7 Å². The van der Waals surface area contributed by atoms with Crippen LogP contribution in [0.4, 0.5) is 4.39 Å². The number of rotatable bonds is 4. The molecular formula is C17H18FN3. The van der Waals surface area contributed by atoms with Crippen molar-refractivity contribution in [3.05, 3.63) is 65.2 Å². The molecule has 108 valence electrons. The summed E-state index contributed by atoms with van der Waals surface area (Å²) in [6, 6.07) is 8.99. The van der Waals surface area contributed by atoms with Gasteiger partial charge in [0.2, 0.25) is 0 Å². The Labute approximate surface area is 124 Å². The van der Waals surface area contributed by atoms with Crippen LogP contribution >= 0.6 is 0 Å². The Morgan fingerprint density at radius 2 is 1.86 bits per heavy atom. The molecule has 0 saturated heterocycles. The first-order valence-electron chi connectivity index (χ1n) is 6.74. The Kier molecular flexibility index (Phi) is 5.44. The van der Waals surface area contributed by atoms with E-state index in [0.29, 0.717) is 5.56 Å². The van der Waals surface area contributed by atoms with E-state index in [0.717, 1.165) is 18.7 Å². The molecule has 1 aromatic heterocycles. The van der Waals surface area contributed by atoms with Gasteiger partial charge in [0.15, 0.2) is 0 Å². The molecule has 21 heavy (non-hydrogen) atoms. The predicted molar refractivity (Wildman–Crippen MR) is 81.7 cm³/mol. The molecule has 0 atom stereocenters. The average molecular weight is 283 g/mol. The minimum absolute atomic E-state index is 0.228. The van der Waals surface area contributed by atoms with Crippen LogP contribution in [0.1, 0.15) is 16.7 Å². The highest BCUT2D eigenvalue weighted by Crippen LogP contribution is 2.12. The highest BCUT2D eigenvalue weighted by atomic mass is 19.1. The number of pyridine rings is 1. The molecule has 0 fully saturated rings. The molecule has 2 rings (SSSR count). The van der Waals surface area contributed by atoms with E-state index < -0.39 is 0 Å². The minimum Gasteiger partial charge on any atom is -0.320 e. The van der Waals surface area contributed by atoms with Crippen molar-refractivity contribution >= 4 is 0 Å². The van der Waals surface area contributed by atoms with Crippen LogP contribution in [0.25, 0.3) is 0 Å². The fourth-order valence-electron chi connectivity index (χ4n) is 2.08. The molecule has 0 unspecified atom stereocenters. The van der Waals surface area contributed by atoms with Crippen LogP contribution in [-0.2, 0) is 13.1 Å². The zero-order chi connectivity index (χ0) is 15.1. The fourth-order valence-corrected chi connectivity index (χ4v) is 2.08. The molecule has 2 aromatic rings. The van der Waals surface area contributed by atoms with Crippen LogP contribution in [0.15, 0.2) is 42.7 Å². The molecule has 2 N–H and O–H groups in total. The van der Waals surface area contributed by atoms with Crippen molar-refractivity contribution in [2.45, 2.75) is 13.1 Å². The molecule has 0 radical (unpaired) electrons. The zero-order valence-electron chi connectivity index (χ0n) is 12.0. The number of benzene rings is 1. The summed E-state index contributed by atoms with van der Waals surface area (Å²) >= 11 is 0. The van der Waals surface area contributed by atoms with Crippen molar-refractivity contribution in [2.24, 2.45) is 5.73 Å². The van der Waals surface area contributed by atoms with Gasteiger partial charge in [-0.05, 0) is 42.4 Å². The largest absolute Gasteiger partial charge is 0.320 e. The topological polar surface area (TPSA) is 42.2 Å². The highest BCUT2D eigenvalue weighted by molar-refractivity contribution is 5.38. The third-order valence-corrected chi connectivity index (χ3v) is 3.01. The predicted octanol–water partition coefficient (Wildman–Crippen LogP) is 2.16. The quantitative estimate of drug-likeness (QED) is 0.874. The van der Waals surface area contributed by atoms with E-state index >= 15 is 0 Å². The molecular weight excluding hydrogens is 265 g/mol. The summed E-state index contributed by atoms with van der Waals surface area (Å²) in [5, 5.41) is 0. The van der Waals surface area contributed by atoms with Crippen molar-refractivity contribution < 1.29 is 4.39 Å². The third-order valence-electron chi connectivity index (χ3n) is 3.01. The van der Waals surface area contributed by atoms with Crippen LogP contribution in [0.2, 0.25) is 0 Å². The van der Waals surface area contributed by atoms with Gasteiger partial charge in [-0.2, -0.15) is 0 Å². The smallest absolute Gasteiger partial charge is 0.138 e. The van der Waals surface area contributed by atoms with Gasteiger partial charge in [0.1, 0.15) is 5.82 Å². The van der Waals surface area contributed by atoms with Crippen LogP contribution in [0.5, 0.6) is 0 Å². The number of halogens is 1. The molecule has 1 heterocycles. The lowest BCUT2D eigenvalue weighted by atomic mass is 10.1. The van der Waals surface area contributed by atoms with Crippen molar-refractivity contribution in [2.75, 3.05) is 13.6 Å². The van der Waals surface area contributed by atoms with Gasteiger partial charge in [0.05, 0.1) is 12.1 Å². The Morgan fingerprint density at radius 1 is 1.14 bits per heavy atom. The van der Waals surface area contributed by atoms with Crippen LogP contribution < -0.4 is 5.73 Å².